The van der Waals surface area contributed by atoms with E-state index in [4.69, 9.17) is 14.2 Å². The highest BCUT2D eigenvalue weighted by atomic mass is 16.5. The van der Waals surface area contributed by atoms with E-state index in [2.05, 4.69) is 18.7 Å². The zero-order valence-electron chi connectivity index (χ0n) is 20.3. The van der Waals surface area contributed by atoms with Gasteiger partial charge in [-0.25, -0.2) is 0 Å². The number of hydrogen-bond acceptors (Lipinski definition) is 6. The first-order valence-corrected chi connectivity index (χ1v) is 12.9. The third-order valence-corrected chi connectivity index (χ3v) is 7.61. The lowest BCUT2D eigenvalue weighted by atomic mass is 9.74. The van der Waals surface area contributed by atoms with Gasteiger partial charge >= 0.3 is 0 Å². The van der Waals surface area contributed by atoms with Crippen molar-refractivity contribution in [3.63, 3.8) is 0 Å². The molecule has 5 rings (SSSR count). The first-order chi connectivity index (χ1) is 16.6. The number of carbonyl (C=O) groups is 2. The van der Waals surface area contributed by atoms with Crippen LogP contribution in [0.1, 0.15) is 51.1 Å². The molecule has 1 saturated carbocycles. The van der Waals surface area contributed by atoms with Gasteiger partial charge in [-0.15, -0.1) is 0 Å². The maximum Gasteiger partial charge on any atom is 0.290 e. The number of benzene rings is 1. The predicted octanol–water partition coefficient (Wildman–Crippen LogP) is 3.35. The van der Waals surface area contributed by atoms with Crippen LogP contribution in [0.2, 0.25) is 0 Å². The van der Waals surface area contributed by atoms with Crippen LogP contribution in [0.25, 0.3) is 0 Å². The number of fused-ring (bicyclic) bond motifs is 1. The van der Waals surface area contributed by atoms with Gasteiger partial charge < -0.3 is 19.1 Å². The number of ketones is 1. The Kier molecular flexibility index (Phi) is 6.93. The second-order valence-electron chi connectivity index (χ2n) is 10.1. The average molecular weight is 469 g/mol. The van der Waals surface area contributed by atoms with Crippen LogP contribution in [0.4, 0.5) is 0 Å². The van der Waals surface area contributed by atoms with Crippen molar-refractivity contribution in [1.82, 2.24) is 9.80 Å². The lowest BCUT2D eigenvalue weighted by Gasteiger charge is -2.37. The molecule has 0 spiro atoms. The Hall–Kier alpha value is -2.38. The summed E-state index contributed by atoms with van der Waals surface area (Å²) in [5.74, 6) is 1.34. The van der Waals surface area contributed by atoms with Gasteiger partial charge in [-0.2, -0.15) is 0 Å². The van der Waals surface area contributed by atoms with Crippen molar-refractivity contribution in [2.24, 2.45) is 11.8 Å². The summed E-state index contributed by atoms with van der Waals surface area (Å²) >= 11 is 0. The molecule has 7 nitrogen and oxygen atoms in total. The highest BCUT2D eigenvalue weighted by molar-refractivity contribution is 6.11. The largest absolute Gasteiger partial charge is 0.494 e. The topological polar surface area (TPSA) is 68.3 Å². The van der Waals surface area contributed by atoms with Gasteiger partial charge in [0.05, 0.1) is 37.4 Å². The van der Waals surface area contributed by atoms with Gasteiger partial charge in [0.2, 0.25) is 0 Å². The van der Waals surface area contributed by atoms with E-state index in [0.29, 0.717) is 37.9 Å². The number of Topliss-reactive ketones (excluding diaryl/α,β-unsaturated/α-hetero) is 1. The number of carbonyl (C=O) groups excluding carboxylic acids is 2. The maximum absolute atomic E-state index is 13.8. The minimum absolute atomic E-state index is 0.102. The zero-order chi connectivity index (χ0) is 23.7. The molecule has 1 saturated heterocycles. The number of morpholine rings is 1. The van der Waals surface area contributed by atoms with Crippen LogP contribution < -0.4 is 4.74 Å². The van der Waals surface area contributed by atoms with E-state index in [1.807, 2.05) is 29.2 Å². The number of ether oxygens (including phenoxy) is 3. The fraction of sp³-hybridized carbons (Fsp3) is 0.630. The third-order valence-electron chi connectivity index (χ3n) is 7.61. The van der Waals surface area contributed by atoms with Gasteiger partial charge in [0.25, 0.3) is 5.91 Å². The first kappa shape index (κ1) is 23.4. The molecule has 1 aromatic carbocycles. The monoisotopic (exact) mass is 468 g/mol. The second-order valence-corrected chi connectivity index (χ2v) is 10.1. The van der Waals surface area contributed by atoms with Gasteiger partial charge in [0.15, 0.2) is 11.5 Å². The summed E-state index contributed by atoms with van der Waals surface area (Å²) in [5, 5.41) is 0. The fourth-order valence-corrected chi connectivity index (χ4v) is 5.77. The first-order valence-electron chi connectivity index (χ1n) is 12.9. The van der Waals surface area contributed by atoms with Gasteiger partial charge in [-0.05, 0) is 49.3 Å². The Morgan fingerprint density at radius 2 is 1.94 bits per heavy atom. The molecule has 7 heteroatoms. The molecule has 0 bridgehead atoms. The van der Waals surface area contributed by atoms with Crippen molar-refractivity contribution in [3.8, 4) is 5.75 Å². The molecule has 4 atom stereocenters. The SMILES string of the molecule is CCCOc1cccc(C2C3=C(OC4CCC(C)CC4C3=O)C(=O)N2CCN2CCOCC2)c1. The van der Waals surface area contributed by atoms with Crippen LogP contribution in [0.5, 0.6) is 5.75 Å². The summed E-state index contributed by atoms with van der Waals surface area (Å²) in [6.07, 6.45) is 3.44. The Morgan fingerprint density at radius 1 is 1.12 bits per heavy atom. The van der Waals surface area contributed by atoms with E-state index in [1.165, 1.54) is 0 Å². The maximum atomic E-state index is 13.8. The Balaban J connectivity index is 1.47. The number of rotatable bonds is 7. The third kappa shape index (κ3) is 4.48. The van der Waals surface area contributed by atoms with E-state index in [1.54, 1.807) is 0 Å². The number of hydrogen-bond donors (Lipinski definition) is 0. The van der Waals surface area contributed by atoms with Crippen molar-refractivity contribution < 1.29 is 23.8 Å². The standard InChI is InChI=1S/C27H36N2O5/c1-3-13-33-20-6-4-5-19(17-20)24-23-25(30)21-16-18(2)7-8-22(21)34-26(23)27(31)29(24)10-9-28-11-14-32-15-12-28/h4-6,17-18,21-22,24H,3,7-16H2,1-2H3. The number of nitrogens with zero attached hydrogens (tertiary/aromatic N) is 2. The van der Waals surface area contributed by atoms with Crippen LogP contribution in [0, 0.1) is 11.8 Å². The molecule has 4 unspecified atom stereocenters. The Labute approximate surface area is 202 Å². The van der Waals surface area contributed by atoms with Gasteiger partial charge in [-0.3, -0.25) is 14.5 Å². The summed E-state index contributed by atoms with van der Waals surface area (Å²) in [7, 11) is 0. The van der Waals surface area contributed by atoms with E-state index in [0.717, 1.165) is 56.6 Å². The molecule has 1 aliphatic carbocycles. The fourth-order valence-electron chi connectivity index (χ4n) is 5.77. The van der Waals surface area contributed by atoms with Gasteiger partial charge in [-0.1, -0.05) is 26.0 Å². The van der Waals surface area contributed by atoms with E-state index in [-0.39, 0.29) is 29.5 Å². The molecule has 4 aliphatic rings. The van der Waals surface area contributed by atoms with Crippen LogP contribution in [0.15, 0.2) is 35.6 Å². The lowest BCUT2D eigenvalue weighted by molar-refractivity contribution is -0.136. The van der Waals surface area contributed by atoms with Crippen LogP contribution in [-0.2, 0) is 19.1 Å². The highest BCUT2D eigenvalue weighted by Gasteiger charge is 2.52. The Morgan fingerprint density at radius 3 is 2.74 bits per heavy atom. The lowest BCUT2D eigenvalue weighted by Crippen LogP contribution is -2.43. The second kappa shape index (κ2) is 10.1. The molecule has 3 aliphatic heterocycles. The average Bonchev–Trinajstić information content (AvgIpc) is 3.14. The van der Waals surface area contributed by atoms with E-state index < -0.39 is 6.04 Å². The van der Waals surface area contributed by atoms with Crippen molar-refractivity contribution >= 4 is 11.7 Å². The molecule has 2 fully saturated rings. The summed E-state index contributed by atoms with van der Waals surface area (Å²) in [5.41, 5.74) is 1.46. The molecule has 34 heavy (non-hydrogen) atoms. The molecule has 1 aromatic rings. The highest BCUT2D eigenvalue weighted by Crippen LogP contribution is 2.47. The van der Waals surface area contributed by atoms with Gasteiger partial charge in [0, 0.05) is 26.2 Å². The van der Waals surface area contributed by atoms with Crippen molar-refractivity contribution in [2.75, 3.05) is 46.0 Å². The Bertz CT molecular complexity index is 954. The summed E-state index contributed by atoms with van der Waals surface area (Å²) in [6.45, 7) is 9.34. The van der Waals surface area contributed by atoms with Crippen molar-refractivity contribution in [2.45, 2.75) is 51.7 Å². The minimum atomic E-state index is -0.431. The quantitative estimate of drug-likeness (QED) is 0.611. The molecule has 184 valence electrons. The zero-order valence-corrected chi connectivity index (χ0v) is 20.3. The van der Waals surface area contributed by atoms with Crippen molar-refractivity contribution in [1.29, 1.82) is 0 Å². The number of amides is 1. The van der Waals surface area contributed by atoms with E-state index in [9.17, 15) is 9.59 Å². The minimum Gasteiger partial charge on any atom is -0.494 e. The summed E-state index contributed by atoms with van der Waals surface area (Å²) in [4.78, 5) is 31.7. The molecule has 0 N–H and O–H groups in total. The normalized spacial score (nSPS) is 29.6. The van der Waals surface area contributed by atoms with Crippen LogP contribution in [0.3, 0.4) is 0 Å². The van der Waals surface area contributed by atoms with Crippen molar-refractivity contribution in [3.05, 3.63) is 41.2 Å². The molecule has 1 amide bonds. The molecule has 3 heterocycles. The van der Waals surface area contributed by atoms with Crippen LogP contribution >= 0.6 is 0 Å². The smallest absolute Gasteiger partial charge is 0.290 e. The summed E-state index contributed by atoms with van der Waals surface area (Å²) in [6, 6.07) is 7.43. The predicted molar refractivity (Wildman–Crippen MR) is 127 cm³/mol. The summed E-state index contributed by atoms with van der Waals surface area (Å²) < 4.78 is 17.7. The van der Waals surface area contributed by atoms with E-state index >= 15 is 0 Å². The van der Waals surface area contributed by atoms with Crippen LogP contribution in [-0.4, -0.2) is 73.6 Å². The molecule has 0 aromatic heterocycles. The molecular weight excluding hydrogens is 432 g/mol. The van der Waals surface area contributed by atoms with Gasteiger partial charge in [0.1, 0.15) is 11.9 Å². The molecular formula is C27H36N2O5. The molecule has 0 radical (unpaired) electrons.